The van der Waals surface area contributed by atoms with Crippen molar-refractivity contribution in [1.82, 2.24) is 4.98 Å². The lowest BCUT2D eigenvalue weighted by Crippen LogP contribution is -2.29. The van der Waals surface area contributed by atoms with Crippen molar-refractivity contribution in [2.75, 3.05) is 14.2 Å². The zero-order valence-corrected chi connectivity index (χ0v) is 19.2. The maximum absolute atomic E-state index is 13.6. The number of ether oxygens (including phenoxy) is 3. The molecule has 0 amide bonds. The summed E-state index contributed by atoms with van der Waals surface area (Å²) in [6.45, 7) is 7.28. The fourth-order valence-electron chi connectivity index (χ4n) is 3.75. The van der Waals surface area contributed by atoms with Crippen molar-refractivity contribution in [2.45, 2.75) is 46.1 Å². The second-order valence-electron chi connectivity index (χ2n) is 8.04. The van der Waals surface area contributed by atoms with Crippen LogP contribution in [-0.2, 0) is 9.53 Å². The van der Waals surface area contributed by atoms with Gasteiger partial charge in [0.05, 0.1) is 20.1 Å². The Morgan fingerprint density at radius 2 is 1.72 bits per heavy atom. The van der Waals surface area contributed by atoms with Gasteiger partial charge in [-0.1, -0.05) is 26.8 Å². The summed E-state index contributed by atoms with van der Waals surface area (Å²) < 4.78 is 29.6. The predicted molar refractivity (Wildman–Crippen MR) is 117 cm³/mol. The minimum absolute atomic E-state index is 0.0621. The fourth-order valence-corrected chi connectivity index (χ4v) is 3.75. The molecule has 0 aliphatic heterocycles. The summed E-state index contributed by atoms with van der Waals surface area (Å²) in [7, 11) is 2.83. The average molecular weight is 448 g/mol. The summed E-state index contributed by atoms with van der Waals surface area (Å²) in [4.78, 5) is 29.2. The normalized spacial score (nSPS) is 13.9. The van der Waals surface area contributed by atoms with Gasteiger partial charge >= 0.3 is 5.97 Å². The van der Waals surface area contributed by atoms with Crippen LogP contribution >= 0.6 is 0 Å². The Labute approximate surface area is 187 Å². The van der Waals surface area contributed by atoms with Gasteiger partial charge in [0.15, 0.2) is 23.0 Å². The number of rotatable bonds is 10. The van der Waals surface area contributed by atoms with E-state index in [1.165, 1.54) is 38.6 Å². The molecule has 1 aromatic carbocycles. The predicted octanol–water partition coefficient (Wildman–Crippen LogP) is 4.52. The summed E-state index contributed by atoms with van der Waals surface area (Å²) in [5.41, 5.74) is 0.576. The van der Waals surface area contributed by atoms with Gasteiger partial charge in [0, 0.05) is 36.2 Å². The third kappa shape index (κ3) is 5.75. The van der Waals surface area contributed by atoms with Crippen LogP contribution in [0.4, 0.5) is 4.39 Å². The van der Waals surface area contributed by atoms with Gasteiger partial charge in [-0.15, -0.1) is 0 Å². The van der Waals surface area contributed by atoms with E-state index < -0.39 is 29.6 Å². The number of aromatic hydroxyl groups is 1. The molecule has 0 aliphatic rings. The molecular formula is C24H30FNO6. The Balaban J connectivity index is 2.13. The van der Waals surface area contributed by atoms with E-state index in [1.807, 2.05) is 13.8 Å². The number of carbonyl (C=O) groups is 2. The first-order valence-electron chi connectivity index (χ1n) is 10.4. The molecule has 0 radical (unpaired) electrons. The van der Waals surface area contributed by atoms with Crippen LogP contribution in [0.2, 0.25) is 0 Å². The van der Waals surface area contributed by atoms with Crippen molar-refractivity contribution in [3.05, 3.63) is 47.5 Å². The van der Waals surface area contributed by atoms with E-state index in [2.05, 4.69) is 4.98 Å². The molecule has 2 aromatic rings. The molecule has 3 atom stereocenters. The first kappa shape index (κ1) is 25.1. The number of methoxy groups -OCH3 is 2. The molecule has 32 heavy (non-hydrogen) atoms. The first-order chi connectivity index (χ1) is 15.1. The molecule has 1 heterocycles. The highest BCUT2D eigenvalue weighted by molar-refractivity contribution is 5.99. The molecule has 8 heteroatoms. The highest BCUT2D eigenvalue weighted by atomic mass is 19.1. The van der Waals surface area contributed by atoms with Gasteiger partial charge in [0.1, 0.15) is 17.7 Å². The molecule has 0 aliphatic carbocycles. The van der Waals surface area contributed by atoms with Gasteiger partial charge in [-0.25, -0.2) is 9.37 Å². The second kappa shape index (κ2) is 10.9. The minimum atomic E-state index is -0.764. The van der Waals surface area contributed by atoms with Crippen LogP contribution in [0.15, 0.2) is 30.5 Å². The van der Waals surface area contributed by atoms with Crippen LogP contribution in [0, 0.1) is 17.7 Å². The Morgan fingerprint density at radius 1 is 1.06 bits per heavy atom. The number of nitrogens with zero attached hydrogens (tertiary/aromatic N) is 1. The van der Waals surface area contributed by atoms with Gasteiger partial charge in [0.25, 0.3) is 0 Å². The van der Waals surface area contributed by atoms with E-state index in [0.717, 1.165) is 5.56 Å². The van der Waals surface area contributed by atoms with Crippen LogP contribution in [-0.4, -0.2) is 42.2 Å². The third-order valence-corrected chi connectivity index (χ3v) is 5.35. The second-order valence-corrected chi connectivity index (χ2v) is 8.04. The number of hydrogen-bond donors (Lipinski definition) is 1. The number of hydrogen-bond acceptors (Lipinski definition) is 7. The van der Waals surface area contributed by atoms with E-state index >= 15 is 0 Å². The van der Waals surface area contributed by atoms with Crippen LogP contribution in [0.5, 0.6) is 17.2 Å². The maximum atomic E-state index is 13.6. The number of carbonyl (C=O) groups excluding carboxylic acids is 2. The van der Waals surface area contributed by atoms with Crippen LogP contribution in [0.1, 0.15) is 56.1 Å². The van der Waals surface area contributed by atoms with E-state index in [1.54, 1.807) is 19.9 Å². The monoisotopic (exact) mass is 447 g/mol. The van der Waals surface area contributed by atoms with Gasteiger partial charge in [0.2, 0.25) is 0 Å². The quantitative estimate of drug-likeness (QED) is 0.422. The van der Waals surface area contributed by atoms with E-state index in [4.69, 9.17) is 14.2 Å². The largest absolute Gasteiger partial charge is 0.503 e. The Hall–Kier alpha value is -3.16. The van der Waals surface area contributed by atoms with Gasteiger partial charge in [-0.2, -0.15) is 0 Å². The number of Topliss-reactive ketones (excluding diaryl/α,β-unsaturated/α-hetero) is 1. The van der Waals surface area contributed by atoms with Crippen molar-refractivity contribution in [3.8, 4) is 17.2 Å². The van der Waals surface area contributed by atoms with E-state index in [9.17, 15) is 19.1 Å². The highest BCUT2D eigenvalue weighted by Gasteiger charge is 2.31. The number of esters is 1. The molecule has 0 fully saturated rings. The fraction of sp³-hybridized carbons (Fsp3) is 0.458. The van der Waals surface area contributed by atoms with Crippen molar-refractivity contribution in [2.24, 2.45) is 11.8 Å². The molecule has 174 valence electrons. The summed E-state index contributed by atoms with van der Waals surface area (Å²) in [5.74, 6) is -2.28. The standard InChI is InChI=1S/C24H30FNO6/c1-13(2)21(17-8-7-16(25)12-20(17)31-6)15(4)32-24(29)14(3)11-18(27)22-23(28)19(30-5)9-10-26-22/h7-10,12-15,21,28H,11H2,1-6H3/t14-,15+,21-/m1/s1. The zero-order chi connectivity index (χ0) is 24.0. The van der Waals surface area contributed by atoms with E-state index in [-0.39, 0.29) is 35.4 Å². The van der Waals surface area contributed by atoms with Crippen molar-refractivity contribution in [1.29, 1.82) is 0 Å². The highest BCUT2D eigenvalue weighted by Crippen LogP contribution is 2.36. The third-order valence-electron chi connectivity index (χ3n) is 5.35. The molecule has 1 N–H and O–H groups in total. The lowest BCUT2D eigenvalue weighted by atomic mass is 9.83. The van der Waals surface area contributed by atoms with Gasteiger partial charge in [-0.05, 0) is 18.9 Å². The minimum Gasteiger partial charge on any atom is -0.503 e. The molecule has 7 nitrogen and oxygen atoms in total. The van der Waals surface area contributed by atoms with Crippen LogP contribution in [0.25, 0.3) is 0 Å². The first-order valence-corrected chi connectivity index (χ1v) is 10.4. The lowest BCUT2D eigenvalue weighted by molar-refractivity contribution is -0.154. The SMILES string of the molecule is COc1cc(F)ccc1[C@H](C(C)C)[C@H](C)OC(=O)[C@H](C)CC(=O)c1nccc(OC)c1O. The van der Waals surface area contributed by atoms with Gasteiger partial charge in [-0.3, -0.25) is 9.59 Å². The lowest BCUT2D eigenvalue weighted by Gasteiger charge is -2.29. The van der Waals surface area contributed by atoms with Gasteiger partial charge < -0.3 is 19.3 Å². The van der Waals surface area contributed by atoms with Crippen molar-refractivity contribution < 1.29 is 33.3 Å². The number of aromatic nitrogens is 1. The number of halogens is 1. The Bertz CT molecular complexity index is 962. The van der Waals surface area contributed by atoms with Crippen LogP contribution < -0.4 is 9.47 Å². The number of ketones is 1. The molecule has 0 unspecified atom stereocenters. The smallest absolute Gasteiger partial charge is 0.309 e. The molecule has 0 bridgehead atoms. The Morgan fingerprint density at radius 3 is 2.31 bits per heavy atom. The molecule has 0 spiro atoms. The van der Waals surface area contributed by atoms with E-state index in [0.29, 0.717) is 5.75 Å². The Kier molecular flexibility index (Phi) is 8.57. The number of benzene rings is 1. The summed E-state index contributed by atoms with van der Waals surface area (Å²) >= 11 is 0. The molecule has 0 saturated heterocycles. The number of pyridine rings is 1. The summed E-state index contributed by atoms with van der Waals surface area (Å²) in [6.07, 6.45) is 0.605. The van der Waals surface area contributed by atoms with Crippen molar-refractivity contribution >= 4 is 11.8 Å². The molecule has 1 aromatic heterocycles. The molecular weight excluding hydrogens is 417 g/mol. The van der Waals surface area contributed by atoms with Crippen molar-refractivity contribution in [3.63, 3.8) is 0 Å². The molecule has 2 rings (SSSR count). The molecule has 0 saturated carbocycles. The topological polar surface area (TPSA) is 95.0 Å². The summed E-state index contributed by atoms with van der Waals surface area (Å²) in [6, 6.07) is 5.71. The average Bonchev–Trinajstić information content (AvgIpc) is 2.74. The maximum Gasteiger partial charge on any atom is 0.309 e. The summed E-state index contributed by atoms with van der Waals surface area (Å²) in [5, 5.41) is 10.1. The zero-order valence-electron chi connectivity index (χ0n) is 19.2. The van der Waals surface area contributed by atoms with Crippen LogP contribution in [0.3, 0.4) is 0 Å².